The zero-order valence-electron chi connectivity index (χ0n) is 10.1. The molecule has 2 rings (SSSR count). The number of rotatable bonds is 4. The number of ketones is 1. The molecule has 0 atom stereocenters. The zero-order valence-corrected chi connectivity index (χ0v) is 11.6. The quantitative estimate of drug-likeness (QED) is 0.811. The van der Waals surface area contributed by atoms with E-state index in [9.17, 15) is 9.18 Å². The van der Waals surface area contributed by atoms with E-state index in [1.807, 2.05) is 0 Å². The summed E-state index contributed by atoms with van der Waals surface area (Å²) in [5.74, 6) is -0.210. The van der Waals surface area contributed by atoms with Gasteiger partial charge >= 0.3 is 0 Å². The standard InChI is InChI=1S/C13H10BrFN2O2/c1-19-13-6-11(16-7-17-13)12(18)5-8-2-3-10(15)9(14)4-8/h2-4,6-7H,5H2,1H3. The van der Waals surface area contributed by atoms with E-state index in [0.29, 0.717) is 15.9 Å². The number of carbonyl (C=O) groups excluding carboxylic acids is 1. The van der Waals surface area contributed by atoms with Crippen LogP contribution in [0.25, 0.3) is 0 Å². The van der Waals surface area contributed by atoms with Gasteiger partial charge in [-0.3, -0.25) is 4.79 Å². The van der Waals surface area contributed by atoms with Gasteiger partial charge in [-0.05, 0) is 33.6 Å². The zero-order chi connectivity index (χ0) is 13.8. The number of aromatic nitrogens is 2. The monoisotopic (exact) mass is 324 g/mol. The molecular weight excluding hydrogens is 315 g/mol. The lowest BCUT2D eigenvalue weighted by molar-refractivity contribution is 0.0987. The van der Waals surface area contributed by atoms with Crippen molar-refractivity contribution in [1.82, 2.24) is 9.97 Å². The minimum absolute atomic E-state index is 0.138. The van der Waals surface area contributed by atoms with Gasteiger partial charge in [-0.25, -0.2) is 14.4 Å². The Morgan fingerprint density at radius 1 is 1.37 bits per heavy atom. The maximum absolute atomic E-state index is 13.1. The lowest BCUT2D eigenvalue weighted by Crippen LogP contribution is -2.07. The average Bonchev–Trinajstić information content (AvgIpc) is 2.43. The molecule has 0 fully saturated rings. The summed E-state index contributed by atoms with van der Waals surface area (Å²) in [5.41, 5.74) is 0.975. The molecule has 1 aromatic carbocycles. The van der Waals surface area contributed by atoms with Crippen LogP contribution in [0.3, 0.4) is 0 Å². The van der Waals surface area contributed by atoms with Gasteiger partial charge in [-0.15, -0.1) is 0 Å². The predicted molar refractivity (Wildman–Crippen MR) is 70.7 cm³/mol. The molecule has 4 nitrogen and oxygen atoms in total. The van der Waals surface area contributed by atoms with Crippen LogP contribution in [0.15, 0.2) is 35.1 Å². The van der Waals surface area contributed by atoms with Crippen LogP contribution in [0.1, 0.15) is 16.1 Å². The highest BCUT2D eigenvalue weighted by Gasteiger charge is 2.11. The minimum atomic E-state index is -0.361. The molecule has 0 saturated carbocycles. The Labute approximate surface area is 117 Å². The number of methoxy groups -OCH3 is 1. The Morgan fingerprint density at radius 2 is 2.16 bits per heavy atom. The van der Waals surface area contributed by atoms with Crippen LogP contribution in [0, 0.1) is 5.82 Å². The lowest BCUT2D eigenvalue weighted by atomic mass is 10.1. The molecule has 0 saturated heterocycles. The molecule has 0 radical (unpaired) electrons. The van der Waals surface area contributed by atoms with E-state index < -0.39 is 0 Å². The third-order valence-corrected chi connectivity index (χ3v) is 3.09. The largest absolute Gasteiger partial charge is 0.481 e. The Bertz CT molecular complexity index is 619. The van der Waals surface area contributed by atoms with Crippen molar-refractivity contribution in [1.29, 1.82) is 0 Å². The normalized spacial score (nSPS) is 10.3. The number of Topliss-reactive ketones (excluding diaryl/α,β-unsaturated/α-hetero) is 1. The van der Waals surface area contributed by atoms with Crippen LogP contribution in [-0.4, -0.2) is 22.9 Å². The molecule has 0 spiro atoms. The number of benzene rings is 1. The van der Waals surface area contributed by atoms with E-state index in [4.69, 9.17) is 4.74 Å². The number of ether oxygens (including phenoxy) is 1. The molecular formula is C13H10BrFN2O2. The number of carbonyl (C=O) groups is 1. The molecule has 0 aliphatic carbocycles. The molecule has 0 N–H and O–H groups in total. The molecule has 98 valence electrons. The molecule has 0 aliphatic rings. The number of hydrogen-bond donors (Lipinski definition) is 0. The van der Waals surface area contributed by atoms with Gasteiger partial charge in [0.25, 0.3) is 0 Å². The van der Waals surface area contributed by atoms with Gasteiger partial charge in [0.05, 0.1) is 11.6 Å². The lowest BCUT2D eigenvalue weighted by Gasteiger charge is -2.03. The third kappa shape index (κ3) is 3.35. The first-order valence-corrected chi connectivity index (χ1v) is 6.22. The first-order chi connectivity index (χ1) is 9.10. The number of nitrogens with zero attached hydrogens (tertiary/aromatic N) is 2. The van der Waals surface area contributed by atoms with Gasteiger partial charge in [0.15, 0.2) is 5.78 Å². The van der Waals surface area contributed by atoms with E-state index in [1.165, 1.54) is 25.6 Å². The second-order valence-corrected chi connectivity index (χ2v) is 4.65. The van der Waals surface area contributed by atoms with Crippen LogP contribution >= 0.6 is 15.9 Å². The van der Waals surface area contributed by atoms with Crippen molar-refractivity contribution in [2.45, 2.75) is 6.42 Å². The molecule has 19 heavy (non-hydrogen) atoms. The molecule has 0 amide bonds. The van der Waals surface area contributed by atoms with Crippen molar-refractivity contribution in [3.63, 3.8) is 0 Å². The predicted octanol–water partition coefficient (Wildman–Crippen LogP) is 2.81. The van der Waals surface area contributed by atoms with Gasteiger partial charge in [0.1, 0.15) is 17.8 Å². The smallest absolute Gasteiger partial charge is 0.216 e. The molecule has 0 bridgehead atoms. The van der Waals surface area contributed by atoms with E-state index in [-0.39, 0.29) is 23.7 Å². The molecule has 2 aromatic rings. The van der Waals surface area contributed by atoms with Crippen LogP contribution in [0.4, 0.5) is 4.39 Å². The van der Waals surface area contributed by atoms with Crippen LogP contribution < -0.4 is 4.74 Å². The van der Waals surface area contributed by atoms with Gasteiger partial charge in [0.2, 0.25) is 5.88 Å². The highest BCUT2D eigenvalue weighted by molar-refractivity contribution is 9.10. The van der Waals surface area contributed by atoms with Crippen molar-refractivity contribution in [2.75, 3.05) is 7.11 Å². The van der Waals surface area contributed by atoms with Crippen LogP contribution in [-0.2, 0) is 6.42 Å². The molecule has 0 unspecified atom stereocenters. The van der Waals surface area contributed by atoms with Crippen molar-refractivity contribution in [3.8, 4) is 5.88 Å². The van der Waals surface area contributed by atoms with Gasteiger partial charge in [-0.2, -0.15) is 0 Å². The second kappa shape index (κ2) is 5.88. The second-order valence-electron chi connectivity index (χ2n) is 3.79. The Balaban J connectivity index is 2.18. The van der Waals surface area contributed by atoms with Gasteiger partial charge in [0, 0.05) is 12.5 Å². The van der Waals surface area contributed by atoms with E-state index >= 15 is 0 Å². The molecule has 1 heterocycles. The maximum Gasteiger partial charge on any atom is 0.216 e. The fourth-order valence-electron chi connectivity index (χ4n) is 1.53. The van der Waals surface area contributed by atoms with Gasteiger partial charge in [-0.1, -0.05) is 6.07 Å². The highest BCUT2D eigenvalue weighted by Crippen LogP contribution is 2.18. The fourth-order valence-corrected chi connectivity index (χ4v) is 1.96. The molecule has 1 aromatic heterocycles. The van der Waals surface area contributed by atoms with Crippen molar-refractivity contribution in [2.24, 2.45) is 0 Å². The summed E-state index contributed by atoms with van der Waals surface area (Å²) >= 11 is 3.08. The average molecular weight is 325 g/mol. The third-order valence-electron chi connectivity index (χ3n) is 2.49. The maximum atomic E-state index is 13.1. The summed E-state index contributed by atoms with van der Waals surface area (Å²) in [4.78, 5) is 19.8. The van der Waals surface area contributed by atoms with Crippen molar-refractivity contribution < 1.29 is 13.9 Å². The summed E-state index contributed by atoms with van der Waals surface area (Å²) in [6.45, 7) is 0. The first kappa shape index (κ1) is 13.6. The van der Waals surface area contributed by atoms with Crippen molar-refractivity contribution in [3.05, 3.63) is 52.1 Å². The van der Waals surface area contributed by atoms with Crippen LogP contribution in [0.2, 0.25) is 0 Å². The Hall–Kier alpha value is -1.82. The first-order valence-electron chi connectivity index (χ1n) is 5.43. The van der Waals surface area contributed by atoms with Gasteiger partial charge < -0.3 is 4.74 Å². The van der Waals surface area contributed by atoms with E-state index in [1.54, 1.807) is 12.1 Å². The Morgan fingerprint density at radius 3 is 2.84 bits per heavy atom. The summed E-state index contributed by atoms with van der Waals surface area (Å²) < 4.78 is 18.4. The number of halogens is 2. The molecule has 6 heteroatoms. The Kier molecular flexibility index (Phi) is 4.21. The highest BCUT2D eigenvalue weighted by atomic mass is 79.9. The van der Waals surface area contributed by atoms with Crippen LogP contribution in [0.5, 0.6) is 5.88 Å². The van der Waals surface area contributed by atoms with Crippen molar-refractivity contribution >= 4 is 21.7 Å². The fraction of sp³-hybridized carbons (Fsp3) is 0.154. The SMILES string of the molecule is COc1cc(C(=O)Cc2ccc(F)c(Br)c2)ncn1. The molecule has 0 aliphatic heterocycles. The summed E-state index contributed by atoms with van der Waals surface area (Å²) in [7, 11) is 1.47. The van der Waals surface area contributed by atoms with E-state index in [0.717, 1.165) is 0 Å². The summed E-state index contributed by atoms with van der Waals surface area (Å²) in [6.07, 6.45) is 1.41. The topological polar surface area (TPSA) is 52.1 Å². The number of hydrogen-bond acceptors (Lipinski definition) is 4. The minimum Gasteiger partial charge on any atom is -0.481 e. The van der Waals surface area contributed by atoms with E-state index in [2.05, 4.69) is 25.9 Å². The summed E-state index contributed by atoms with van der Waals surface area (Å²) in [5, 5.41) is 0. The summed E-state index contributed by atoms with van der Waals surface area (Å²) in [6, 6.07) is 5.93.